The van der Waals surface area contributed by atoms with Crippen LogP contribution < -0.4 is 15.0 Å². The number of aromatic nitrogens is 2. The fourth-order valence-electron chi connectivity index (χ4n) is 5.69. The predicted octanol–water partition coefficient (Wildman–Crippen LogP) is 5.10. The molecule has 2 aromatic rings. The van der Waals surface area contributed by atoms with Crippen LogP contribution in [-0.2, 0) is 4.74 Å². The van der Waals surface area contributed by atoms with Gasteiger partial charge in [-0.1, -0.05) is 17.7 Å². The van der Waals surface area contributed by atoms with Crippen LogP contribution in [0, 0.1) is 18.4 Å². The molecule has 1 N–H and O–H groups in total. The summed E-state index contributed by atoms with van der Waals surface area (Å²) in [5.74, 6) is 1.91. The molecule has 11 heteroatoms. The highest BCUT2D eigenvalue weighted by atomic mass is 35.5. The molecule has 3 fully saturated rings. The maximum Gasteiger partial charge on any atom is 0.410 e. The van der Waals surface area contributed by atoms with Gasteiger partial charge in [-0.05, 0) is 58.6 Å². The van der Waals surface area contributed by atoms with Crippen LogP contribution in [0.1, 0.15) is 56.9 Å². The fraction of sp³-hybridized carbons (Fsp3) is 0.552. The number of rotatable bonds is 5. The standard InChI is InChI=1S/C29H35ClN6O4/c1-29(2,3)40-28(38)36-16-18-14-35(15-19(18)17-36)26-13-32-25(12-33-26)27(37)34-20-5-7-21(8-6-20)39-22-9-10-24(31-4)23(30)11-22/h9-13,18-21H,5-8,14-17H2,1-3H3,(H,34,37). The summed E-state index contributed by atoms with van der Waals surface area (Å²) in [6.45, 7) is 15.7. The Morgan fingerprint density at radius 2 is 1.75 bits per heavy atom. The second-order valence-electron chi connectivity index (χ2n) is 11.9. The van der Waals surface area contributed by atoms with Gasteiger partial charge in [-0.3, -0.25) is 4.79 Å². The van der Waals surface area contributed by atoms with Crippen molar-refractivity contribution < 1.29 is 19.1 Å². The van der Waals surface area contributed by atoms with E-state index in [0.29, 0.717) is 47.1 Å². The van der Waals surface area contributed by atoms with Gasteiger partial charge in [0.05, 0.1) is 30.1 Å². The predicted molar refractivity (Wildman–Crippen MR) is 151 cm³/mol. The molecule has 2 aliphatic heterocycles. The minimum Gasteiger partial charge on any atom is -0.490 e. The second-order valence-corrected chi connectivity index (χ2v) is 12.3. The van der Waals surface area contributed by atoms with Crippen LogP contribution in [0.25, 0.3) is 4.85 Å². The van der Waals surface area contributed by atoms with Gasteiger partial charge in [-0.15, -0.1) is 0 Å². The third-order valence-electron chi connectivity index (χ3n) is 7.68. The fourth-order valence-corrected chi connectivity index (χ4v) is 5.90. The molecule has 3 aliphatic rings. The Hall–Kier alpha value is -3.58. The van der Waals surface area contributed by atoms with Gasteiger partial charge < -0.3 is 24.6 Å². The third kappa shape index (κ3) is 6.58. The number of halogens is 1. The van der Waals surface area contributed by atoms with Gasteiger partial charge in [0.15, 0.2) is 0 Å². The summed E-state index contributed by atoms with van der Waals surface area (Å²) in [7, 11) is 0. The van der Waals surface area contributed by atoms with Crippen molar-refractivity contribution in [2.45, 2.75) is 64.2 Å². The molecule has 0 bridgehead atoms. The van der Waals surface area contributed by atoms with Gasteiger partial charge in [0.2, 0.25) is 5.69 Å². The summed E-state index contributed by atoms with van der Waals surface area (Å²) in [5.41, 5.74) is 0.208. The number of anilines is 1. The first-order chi connectivity index (χ1) is 19.1. The molecule has 0 spiro atoms. The van der Waals surface area contributed by atoms with Crippen molar-refractivity contribution in [1.29, 1.82) is 0 Å². The number of benzene rings is 1. The van der Waals surface area contributed by atoms with E-state index in [0.717, 1.165) is 44.6 Å². The quantitative estimate of drug-likeness (QED) is 0.502. The summed E-state index contributed by atoms with van der Waals surface area (Å²) < 4.78 is 11.6. The molecule has 2 atom stereocenters. The van der Waals surface area contributed by atoms with Crippen LogP contribution >= 0.6 is 11.6 Å². The number of carbonyl (C=O) groups excluding carboxylic acids is 2. The Labute approximate surface area is 239 Å². The Bertz CT molecular complexity index is 1270. The largest absolute Gasteiger partial charge is 0.490 e. The number of nitrogens with zero attached hydrogens (tertiary/aromatic N) is 5. The summed E-state index contributed by atoms with van der Waals surface area (Å²) in [4.78, 5) is 41.5. The minimum atomic E-state index is -0.499. The van der Waals surface area contributed by atoms with E-state index in [4.69, 9.17) is 27.6 Å². The van der Waals surface area contributed by atoms with E-state index < -0.39 is 5.60 Å². The molecule has 1 aromatic heterocycles. The summed E-state index contributed by atoms with van der Waals surface area (Å²) in [5, 5.41) is 3.47. The van der Waals surface area contributed by atoms with E-state index in [1.54, 1.807) is 29.3 Å². The SMILES string of the molecule is [C-]#[N+]c1ccc(OC2CCC(NC(=O)c3cnc(N4CC5CN(C(=O)OC(C)(C)C)CC5C4)cn3)CC2)cc1Cl. The maximum atomic E-state index is 12.8. The first-order valence-corrected chi connectivity index (χ1v) is 14.1. The third-order valence-corrected chi connectivity index (χ3v) is 7.99. The van der Waals surface area contributed by atoms with Crippen LogP contribution in [0.2, 0.25) is 5.02 Å². The average molecular weight is 567 g/mol. The number of amides is 2. The number of ether oxygens (including phenoxy) is 2. The van der Waals surface area contributed by atoms with Gasteiger partial charge >= 0.3 is 6.09 Å². The van der Waals surface area contributed by atoms with Crippen LogP contribution in [0.5, 0.6) is 5.75 Å². The van der Waals surface area contributed by atoms with Crippen LogP contribution in [0.3, 0.4) is 0 Å². The number of likely N-dealkylation sites (tertiary alicyclic amines) is 1. The molecule has 2 saturated heterocycles. The zero-order chi connectivity index (χ0) is 28.4. The normalized spacial score (nSPS) is 24.3. The molecule has 1 aliphatic carbocycles. The van der Waals surface area contributed by atoms with Crippen molar-refractivity contribution in [2.24, 2.45) is 11.8 Å². The molecule has 0 radical (unpaired) electrons. The van der Waals surface area contributed by atoms with Gasteiger partial charge in [0.1, 0.15) is 22.9 Å². The molecule has 3 heterocycles. The summed E-state index contributed by atoms with van der Waals surface area (Å²) >= 11 is 6.12. The van der Waals surface area contributed by atoms with Gasteiger partial charge in [-0.2, -0.15) is 0 Å². The number of fused-ring (bicyclic) bond motifs is 1. The Kier molecular flexibility index (Phi) is 8.04. The van der Waals surface area contributed by atoms with Crippen molar-refractivity contribution in [3.8, 4) is 5.75 Å². The van der Waals surface area contributed by atoms with Gasteiger partial charge in [-0.25, -0.2) is 19.6 Å². The minimum absolute atomic E-state index is 0.0400. The Balaban J connectivity index is 1.06. The molecule has 2 amide bonds. The van der Waals surface area contributed by atoms with E-state index in [9.17, 15) is 9.59 Å². The van der Waals surface area contributed by atoms with Crippen molar-refractivity contribution in [1.82, 2.24) is 20.2 Å². The highest BCUT2D eigenvalue weighted by molar-refractivity contribution is 6.33. The lowest BCUT2D eigenvalue weighted by atomic mass is 9.93. The molecule has 40 heavy (non-hydrogen) atoms. The van der Waals surface area contributed by atoms with Crippen LogP contribution in [0.15, 0.2) is 30.6 Å². The van der Waals surface area contributed by atoms with E-state index in [-0.39, 0.29) is 24.1 Å². The average Bonchev–Trinajstić information content (AvgIpc) is 3.49. The second kappa shape index (κ2) is 11.5. The van der Waals surface area contributed by atoms with Crippen molar-refractivity contribution in [3.63, 3.8) is 0 Å². The van der Waals surface area contributed by atoms with E-state index >= 15 is 0 Å². The zero-order valence-corrected chi connectivity index (χ0v) is 23.9. The maximum absolute atomic E-state index is 12.8. The molecular weight excluding hydrogens is 532 g/mol. The molecular formula is C29H35ClN6O4. The molecule has 5 rings (SSSR count). The molecule has 1 aromatic carbocycles. The summed E-state index contributed by atoms with van der Waals surface area (Å²) in [6.07, 6.45) is 6.20. The van der Waals surface area contributed by atoms with Crippen LogP contribution in [0.4, 0.5) is 16.3 Å². The van der Waals surface area contributed by atoms with E-state index in [1.807, 2.05) is 20.8 Å². The molecule has 10 nitrogen and oxygen atoms in total. The highest BCUT2D eigenvalue weighted by Crippen LogP contribution is 2.34. The topological polar surface area (TPSA) is 101 Å². The molecule has 212 valence electrons. The molecule has 1 saturated carbocycles. The first-order valence-electron chi connectivity index (χ1n) is 13.8. The van der Waals surface area contributed by atoms with Gasteiger partial charge in [0.25, 0.3) is 5.91 Å². The lowest BCUT2D eigenvalue weighted by Crippen LogP contribution is -2.40. The molecule has 2 unspecified atom stereocenters. The smallest absolute Gasteiger partial charge is 0.410 e. The van der Waals surface area contributed by atoms with Crippen LogP contribution in [-0.4, -0.2) is 70.8 Å². The van der Waals surface area contributed by atoms with Crippen molar-refractivity contribution in [2.75, 3.05) is 31.1 Å². The van der Waals surface area contributed by atoms with E-state index in [2.05, 4.69) is 25.0 Å². The Morgan fingerprint density at radius 3 is 2.33 bits per heavy atom. The lowest BCUT2D eigenvalue weighted by molar-refractivity contribution is 0.0282. The number of carbonyl (C=O) groups is 2. The Morgan fingerprint density at radius 1 is 1.05 bits per heavy atom. The first kappa shape index (κ1) is 28.0. The van der Waals surface area contributed by atoms with Gasteiger partial charge in [0, 0.05) is 44.1 Å². The number of hydrogen-bond donors (Lipinski definition) is 1. The van der Waals surface area contributed by atoms with Crippen molar-refractivity contribution >= 4 is 35.1 Å². The highest BCUT2D eigenvalue weighted by Gasteiger charge is 2.43. The monoisotopic (exact) mass is 566 g/mol. The number of hydrogen-bond acceptors (Lipinski definition) is 7. The number of nitrogens with one attached hydrogen (secondary N) is 1. The zero-order valence-electron chi connectivity index (χ0n) is 23.1. The van der Waals surface area contributed by atoms with Crippen molar-refractivity contribution in [3.05, 3.63) is 52.7 Å². The summed E-state index contributed by atoms with van der Waals surface area (Å²) in [6, 6.07) is 5.16. The van der Waals surface area contributed by atoms with E-state index in [1.165, 1.54) is 6.20 Å². The lowest BCUT2D eigenvalue weighted by Gasteiger charge is -2.29.